The van der Waals surface area contributed by atoms with E-state index in [9.17, 15) is 9.59 Å². The van der Waals surface area contributed by atoms with Gasteiger partial charge >= 0.3 is 11.9 Å². The van der Waals surface area contributed by atoms with E-state index in [0.717, 1.165) is 28.5 Å². The first-order valence-corrected chi connectivity index (χ1v) is 7.07. The molecule has 0 saturated heterocycles. The highest BCUT2D eigenvalue weighted by Crippen LogP contribution is 2.31. The Balaban J connectivity index is 2.96. The van der Waals surface area contributed by atoms with Gasteiger partial charge in [-0.3, -0.25) is 9.59 Å². The number of carboxylic acids is 1. The fraction of sp³-hybridized carbons (Fsp3) is 0.429. The summed E-state index contributed by atoms with van der Waals surface area (Å²) in [6, 6.07) is 5.68. The van der Waals surface area contributed by atoms with E-state index in [4.69, 9.17) is 9.84 Å². The van der Waals surface area contributed by atoms with Crippen LogP contribution >= 0.6 is 11.8 Å². The molecule has 0 aliphatic heterocycles. The Labute approximate surface area is 117 Å². The zero-order chi connectivity index (χ0) is 14.4. The average molecular weight is 282 g/mol. The van der Waals surface area contributed by atoms with Crippen molar-refractivity contribution in [1.82, 2.24) is 0 Å². The van der Waals surface area contributed by atoms with Crippen molar-refractivity contribution in [2.75, 3.05) is 12.4 Å². The number of ether oxygens (including phenoxy) is 1. The van der Waals surface area contributed by atoms with Crippen LogP contribution in [0.5, 0.6) is 0 Å². The van der Waals surface area contributed by atoms with Gasteiger partial charge in [-0.2, -0.15) is 0 Å². The smallest absolute Gasteiger partial charge is 0.323 e. The van der Waals surface area contributed by atoms with E-state index in [1.54, 1.807) is 6.92 Å². The van der Waals surface area contributed by atoms with E-state index in [1.807, 2.05) is 32.0 Å². The molecule has 0 fully saturated rings. The van der Waals surface area contributed by atoms with Crippen LogP contribution in [0, 0.1) is 13.8 Å². The van der Waals surface area contributed by atoms with Crippen molar-refractivity contribution in [3.8, 4) is 0 Å². The van der Waals surface area contributed by atoms with Gasteiger partial charge in [-0.25, -0.2) is 0 Å². The molecule has 1 aromatic carbocycles. The van der Waals surface area contributed by atoms with Gasteiger partial charge < -0.3 is 9.84 Å². The lowest BCUT2D eigenvalue weighted by Crippen LogP contribution is -2.15. The monoisotopic (exact) mass is 282 g/mol. The van der Waals surface area contributed by atoms with Crippen LogP contribution in [0.4, 0.5) is 0 Å². The molecule has 104 valence electrons. The number of hydrogen-bond acceptors (Lipinski definition) is 4. The van der Waals surface area contributed by atoms with E-state index in [0.29, 0.717) is 0 Å². The molecule has 1 unspecified atom stereocenters. The molecule has 5 heteroatoms. The highest BCUT2D eigenvalue weighted by molar-refractivity contribution is 8.00. The highest BCUT2D eigenvalue weighted by Gasteiger charge is 2.23. The maximum atomic E-state index is 11.9. The van der Waals surface area contributed by atoms with Gasteiger partial charge in [-0.15, -0.1) is 11.8 Å². The minimum Gasteiger partial charge on any atom is -0.481 e. The van der Waals surface area contributed by atoms with Crippen molar-refractivity contribution in [2.45, 2.75) is 26.0 Å². The zero-order valence-electron chi connectivity index (χ0n) is 11.3. The lowest BCUT2D eigenvalue weighted by molar-refractivity contribution is -0.142. The van der Waals surface area contributed by atoms with E-state index in [1.165, 1.54) is 0 Å². The molecule has 19 heavy (non-hydrogen) atoms. The first kappa shape index (κ1) is 15.6. The quantitative estimate of drug-likeness (QED) is 0.813. The van der Waals surface area contributed by atoms with Gasteiger partial charge in [0.05, 0.1) is 12.4 Å². The Bertz CT molecular complexity index is 471. The zero-order valence-corrected chi connectivity index (χ0v) is 12.1. The summed E-state index contributed by atoms with van der Waals surface area (Å²) in [5.74, 6) is -1.46. The average Bonchev–Trinajstić information content (AvgIpc) is 2.33. The van der Waals surface area contributed by atoms with Gasteiger partial charge in [0.15, 0.2) is 0 Å². The lowest BCUT2D eigenvalue weighted by atomic mass is 10.0. The predicted molar refractivity (Wildman–Crippen MR) is 75.4 cm³/mol. The molecule has 1 aromatic rings. The maximum Gasteiger partial charge on any atom is 0.323 e. The third kappa shape index (κ3) is 4.59. The Hall–Kier alpha value is -1.49. The topological polar surface area (TPSA) is 63.6 Å². The molecular formula is C14H18O4S. The Kier molecular flexibility index (Phi) is 5.89. The van der Waals surface area contributed by atoms with Crippen LogP contribution in [0.25, 0.3) is 0 Å². The molecule has 0 radical (unpaired) electrons. The number of aliphatic carboxylic acids is 1. The number of thioether (sulfide) groups is 1. The molecule has 0 saturated carbocycles. The number of hydrogen-bond donors (Lipinski definition) is 1. The standard InChI is InChI=1S/C14H18O4S/c1-4-18-14(17)13(19-8-12(15)16)11-6-5-9(2)10(3)7-11/h5-7,13H,4,8H2,1-3H3,(H,15,16). The van der Waals surface area contributed by atoms with E-state index < -0.39 is 17.2 Å². The van der Waals surface area contributed by atoms with E-state index >= 15 is 0 Å². The molecule has 1 rings (SSSR count). The summed E-state index contributed by atoms with van der Waals surface area (Å²) in [5, 5.41) is 8.16. The van der Waals surface area contributed by atoms with Crippen molar-refractivity contribution < 1.29 is 19.4 Å². The van der Waals surface area contributed by atoms with Crippen LogP contribution in [0.15, 0.2) is 18.2 Å². The molecule has 0 bridgehead atoms. The van der Waals surface area contributed by atoms with Crippen LogP contribution in [-0.2, 0) is 14.3 Å². The summed E-state index contributed by atoms with van der Waals surface area (Å²) in [5.41, 5.74) is 2.99. The van der Waals surface area contributed by atoms with Gasteiger partial charge in [0.25, 0.3) is 0 Å². The summed E-state index contributed by atoms with van der Waals surface area (Å²) in [6.45, 7) is 5.97. The third-order valence-corrected chi connectivity index (χ3v) is 3.92. The fourth-order valence-corrected chi connectivity index (χ4v) is 2.45. The van der Waals surface area contributed by atoms with Gasteiger partial charge in [-0.1, -0.05) is 18.2 Å². The summed E-state index contributed by atoms with van der Waals surface area (Å²) in [7, 11) is 0. The molecule has 0 aliphatic rings. The predicted octanol–water partition coefficient (Wildman–Crippen LogP) is 2.73. The summed E-state index contributed by atoms with van der Waals surface area (Å²) in [6.07, 6.45) is 0. The second-order valence-electron chi connectivity index (χ2n) is 4.18. The fourth-order valence-electron chi connectivity index (χ4n) is 1.60. The van der Waals surface area contributed by atoms with Crippen molar-refractivity contribution in [3.05, 3.63) is 34.9 Å². The molecule has 0 aliphatic carbocycles. The number of benzene rings is 1. The number of carboxylic acid groups (broad SMARTS) is 1. The number of rotatable bonds is 6. The molecule has 0 amide bonds. The van der Waals surface area contributed by atoms with Crippen LogP contribution in [-0.4, -0.2) is 29.4 Å². The minimum atomic E-state index is -0.942. The molecule has 1 atom stereocenters. The number of carbonyl (C=O) groups is 2. The number of aryl methyl sites for hydroxylation is 2. The molecule has 0 spiro atoms. The summed E-state index contributed by atoms with van der Waals surface area (Å²) in [4.78, 5) is 22.6. The Morgan fingerprint density at radius 3 is 2.53 bits per heavy atom. The maximum absolute atomic E-state index is 11.9. The second-order valence-corrected chi connectivity index (χ2v) is 5.27. The largest absolute Gasteiger partial charge is 0.481 e. The highest BCUT2D eigenvalue weighted by atomic mass is 32.2. The summed E-state index contributed by atoms with van der Waals surface area (Å²) < 4.78 is 5.01. The number of carbonyl (C=O) groups excluding carboxylic acids is 1. The first-order valence-electron chi connectivity index (χ1n) is 6.03. The van der Waals surface area contributed by atoms with Gasteiger partial charge in [0.2, 0.25) is 0 Å². The Morgan fingerprint density at radius 2 is 2.00 bits per heavy atom. The molecular weight excluding hydrogens is 264 g/mol. The Morgan fingerprint density at radius 1 is 1.32 bits per heavy atom. The van der Waals surface area contributed by atoms with Crippen LogP contribution in [0.1, 0.15) is 28.9 Å². The summed E-state index contributed by atoms with van der Waals surface area (Å²) >= 11 is 1.07. The van der Waals surface area contributed by atoms with Crippen molar-refractivity contribution in [1.29, 1.82) is 0 Å². The van der Waals surface area contributed by atoms with Crippen molar-refractivity contribution in [3.63, 3.8) is 0 Å². The van der Waals surface area contributed by atoms with Crippen LogP contribution in [0.2, 0.25) is 0 Å². The second kappa shape index (κ2) is 7.19. The minimum absolute atomic E-state index is 0.129. The van der Waals surface area contributed by atoms with Gasteiger partial charge in [-0.05, 0) is 37.5 Å². The molecule has 1 N–H and O–H groups in total. The SMILES string of the molecule is CCOC(=O)C(SCC(=O)O)c1ccc(C)c(C)c1. The van der Waals surface area contributed by atoms with Crippen molar-refractivity contribution >= 4 is 23.7 Å². The molecule has 4 nitrogen and oxygen atoms in total. The van der Waals surface area contributed by atoms with E-state index in [-0.39, 0.29) is 12.4 Å². The van der Waals surface area contributed by atoms with Gasteiger partial charge in [0, 0.05) is 0 Å². The molecule has 0 aromatic heterocycles. The normalized spacial score (nSPS) is 11.9. The van der Waals surface area contributed by atoms with Crippen molar-refractivity contribution in [2.24, 2.45) is 0 Å². The van der Waals surface area contributed by atoms with Gasteiger partial charge in [0.1, 0.15) is 5.25 Å². The van der Waals surface area contributed by atoms with Crippen LogP contribution in [0.3, 0.4) is 0 Å². The lowest BCUT2D eigenvalue weighted by Gasteiger charge is -2.16. The molecule has 0 heterocycles. The first-order chi connectivity index (χ1) is 8.95. The van der Waals surface area contributed by atoms with Crippen LogP contribution < -0.4 is 0 Å². The third-order valence-electron chi connectivity index (χ3n) is 2.71. The van der Waals surface area contributed by atoms with E-state index in [2.05, 4.69) is 0 Å². The number of esters is 1.